The normalized spacial score (nSPS) is 39.1. The predicted octanol–water partition coefficient (Wildman–Crippen LogP) is -1.75. The van der Waals surface area contributed by atoms with Gasteiger partial charge in [-0.2, -0.15) is 0 Å². The number of hydrogen-bond donors (Lipinski definition) is 2. The summed E-state index contributed by atoms with van der Waals surface area (Å²) in [6, 6.07) is 0. The fourth-order valence-corrected chi connectivity index (χ4v) is 1.15. The zero-order valence-electron chi connectivity index (χ0n) is 7.34. The van der Waals surface area contributed by atoms with Crippen LogP contribution in [0.5, 0.6) is 0 Å². The minimum atomic E-state index is -1.31. The van der Waals surface area contributed by atoms with Crippen molar-refractivity contribution in [3.05, 3.63) is 0 Å². The van der Waals surface area contributed by atoms with Gasteiger partial charge in [-0.15, -0.1) is 0 Å². The van der Waals surface area contributed by atoms with Gasteiger partial charge in [0.05, 0.1) is 7.11 Å². The highest BCUT2D eigenvalue weighted by atomic mass is 16.7. The number of carbonyl (C=O) groups excluding carboxylic acids is 1. The van der Waals surface area contributed by atoms with Crippen LogP contribution in [0.3, 0.4) is 0 Å². The topological polar surface area (TPSA) is 85.2 Å². The first-order chi connectivity index (χ1) is 6.11. The molecule has 0 aliphatic carbocycles. The number of rotatable bonds is 2. The van der Waals surface area contributed by atoms with Gasteiger partial charge < -0.3 is 24.4 Å². The van der Waals surface area contributed by atoms with E-state index in [0.717, 1.165) is 0 Å². The zero-order chi connectivity index (χ0) is 10.0. The van der Waals surface area contributed by atoms with Crippen molar-refractivity contribution in [3.63, 3.8) is 0 Å². The molecular formula is C7H12O6. The standard InChI is InChI=1S/C7H12O6/c1-11-6(10)5-3(8)4(9)7(12-2)13-5/h3-5,7-9H,1-2H3/t3-,4+,5+,7+/m0/s1. The Morgan fingerprint density at radius 1 is 1.31 bits per heavy atom. The summed E-state index contributed by atoms with van der Waals surface area (Å²) in [5.41, 5.74) is 0. The van der Waals surface area contributed by atoms with Crippen molar-refractivity contribution in [2.45, 2.75) is 24.6 Å². The van der Waals surface area contributed by atoms with E-state index in [0.29, 0.717) is 0 Å². The van der Waals surface area contributed by atoms with Crippen LogP contribution < -0.4 is 0 Å². The maximum atomic E-state index is 11.0. The van der Waals surface area contributed by atoms with Crippen LogP contribution >= 0.6 is 0 Å². The summed E-state index contributed by atoms with van der Waals surface area (Å²) < 4.78 is 13.9. The first-order valence-corrected chi connectivity index (χ1v) is 3.74. The number of methoxy groups -OCH3 is 2. The van der Waals surface area contributed by atoms with Gasteiger partial charge in [-0.1, -0.05) is 0 Å². The Morgan fingerprint density at radius 2 is 1.92 bits per heavy atom. The molecule has 13 heavy (non-hydrogen) atoms. The number of aliphatic hydroxyl groups excluding tert-OH is 2. The molecule has 2 N–H and O–H groups in total. The quantitative estimate of drug-likeness (QED) is 0.505. The average Bonchev–Trinajstić information content (AvgIpc) is 2.43. The van der Waals surface area contributed by atoms with E-state index in [-0.39, 0.29) is 0 Å². The third-order valence-corrected chi connectivity index (χ3v) is 1.89. The van der Waals surface area contributed by atoms with Crippen LogP contribution in [0.25, 0.3) is 0 Å². The average molecular weight is 192 g/mol. The van der Waals surface area contributed by atoms with E-state index < -0.39 is 30.6 Å². The lowest BCUT2D eigenvalue weighted by Gasteiger charge is -2.11. The summed E-state index contributed by atoms with van der Waals surface area (Å²) in [4.78, 5) is 11.0. The van der Waals surface area contributed by atoms with Gasteiger partial charge in [-0.25, -0.2) is 4.79 Å². The molecule has 76 valence electrons. The van der Waals surface area contributed by atoms with E-state index in [2.05, 4.69) is 9.47 Å². The molecule has 0 bridgehead atoms. The fourth-order valence-electron chi connectivity index (χ4n) is 1.15. The van der Waals surface area contributed by atoms with E-state index in [4.69, 9.17) is 4.74 Å². The van der Waals surface area contributed by atoms with E-state index in [1.807, 2.05) is 0 Å². The molecule has 0 spiro atoms. The number of esters is 1. The molecule has 6 nitrogen and oxygen atoms in total. The van der Waals surface area contributed by atoms with Gasteiger partial charge in [0, 0.05) is 7.11 Å². The number of aliphatic hydroxyl groups is 2. The molecule has 4 atom stereocenters. The molecule has 6 heteroatoms. The number of hydrogen-bond acceptors (Lipinski definition) is 6. The second-order valence-electron chi connectivity index (χ2n) is 2.67. The van der Waals surface area contributed by atoms with Crippen molar-refractivity contribution < 1.29 is 29.2 Å². The second kappa shape index (κ2) is 4.01. The van der Waals surface area contributed by atoms with E-state index in [1.165, 1.54) is 14.2 Å². The monoisotopic (exact) mass is 192 g/mol. The van der Waals surface area contributed by atoms with Crippen LogP contribution in [0, 0.1) is 0 Å². The second-order valence-corrected chi connectivity index (χ2v) is 2.67. The molecule has 1 rings (SSSR count). The SMILES string of the molecule is COC(=O)[C@@H]1O[C@@H](OC)[C@H](O)[C@@H]1O. The highest BCUT2D eigenvalue weighted by molar-refractivity contribution is 5.75. The van der Waals surface area contributed by atoms with Crippen LogP contribution in [0.4, 0.5) is 0 Å². The van der Waals surface area contributed by atoms with Crippen LogP contribution in [0.2, 0.25) is 0 Å². The van der Waals surface area contributed by atoms with Crippen LogP contribution in [0.15, 0.2) is 0 Å². The molecule has 1 fully saturated rings. The largest absolute Gasteiger partial charge is 0.467 e. The molecule has 0 radical (unpaired) electrons. The van der Waals surface area contributed by atoms with Crippen molar-refractivity contribution in [3.8, 4) is 0 Å². The molecule has 1 aliphatic heterocycles. The molecule has 0 unspecified atom stereocenters. The Morgan fingerprint density at radius 3 is 2.31 bits per heavy atom. The molecule has 0 aromatic carbocycles. The predicted molar refractivity (Wildman–Crippen MR) is 39.7 cm³/mol. The van der Waals surface area contributed by atoms with Crippen molar-refractivity contribution in [1.29, 1.82) is 0 Å². The van der Waals surface area contributed by atoms with E-state index in [1.54, 1.807) is 0 Å². The molecule has 0 amide bonds. The highest BCUT2D eigenvalue weighted by Crippen LogP contribution is 2.22. The maximum absolute atomic E-state index is 11.0. The van der Waals surface area contributed by atoms with E-state index in [9.17, 15) is 15.0 Å². The molecule has 0 aromatic rings. The maximum Gasteiger partial charge on any atom is 0.337 e. The van der Waals surface area contributed by atoms with Crippen LogP contribution in [0.1, 0.15) is 0 Å². The third kappa shape index (κ3) is 1.80. The first-order valence-electron chi connectivity index (χ1n) is 3.74. The molecule has 0 aromatic heterocycles. The first kappa shape index (κ1) is 10.4. The highest BCUT2D eigenvalue weighted by Gasteiger charge is 2.47. The van der Waals surface area contributed by atoms with Gasteiger partial charge in [0.1, 0.15) is 12.2 Å². The lowest BCUT2D eigenvalue weighted by Crippen LogP contribution is -2.37. The van der Waals surface area contributed by atoms with Gasteiger partial charge in [0.2, 0.25) is 0 Å². The molecule has 1 aliphatic rings. The third-order valence-electron chi connectivity index (χ3n) is 1.89. The Bertz CT molecular complexity index is 193. The summed E-state index contributed by atoms with van der Waals surface area (Å²) in [6.07, 6.45) is -4.70. The van der Waals surface area contributed by atoms with Crippen molar-refractivity contribution >= 4 is 5.97 Å². The van der Waals surface area contributed by atoms with Crippen LogP contribution in [-0.2, 0) is 19.0 Å². The minimum Gasteiger partial charge on any atom is -0.467 e. The summed E-state index contributed by atoms with van der Waals surface area (Å²) in [5.74, 6) is -0.730. The van der Waals surface area contributed by atoms with Gasteiger partial charge in [-0.05, 0) is 0 Å². The van der Waals surface area contributed by atoms with Gasteiger partial charge in [0.15, 0.2) is 12.4 Å². The molecule has 1 heterocycles. The summed E-state index contributed by atoms with van der Waals surface area (Å²) in [7, 11) is 2.48. The summed E-state index contributed by atoms with van der Waals surface area (Å²) in [5, 5.41) is 18.6. The van der Waals surface area contributed by atoms with Crippen molar-refractivity contribution in [2.24, 2.45) is 0 Å². The lowest BCUT2D eigenvalue weighted by atomic mass is 10.1. The van der Waals surface area contributed by atoms with E-state index >= 15 is 0 Å². The Labute approximate surface area is 75.0 Å². The van der Waals surface area contributed by atoms with Gasteiger partial charge in [-0.3, -0.25) is 0 Å². The van der Waals surface area contributed by atoms with Crippen molar-refractivity contribution in [1.82, 2.24) is 0 Å². The Hall–Kier alpha value is -0.690. The minimum absolute atomic E-state index is 0.730. The Kier molecular flexibility index (Phi) is 3.21. The summed E-state index contributed by atoms with van der Waals surface area (Å²) in [6.45, 7) is 0. The summed E-state index contributed by atoms with van der Waals surface area (Å²) >= 11 is 0. The Balaban J connectivity index is 2.65. The van der Waals surface area contributed by atoms with Gasteiger partial charge in [0.25, 0.3) is 0 Å². The van der Waals surface area contributed by atoms with Gasteiger partial charge >= 0.3 is 5.97 Å². The fraction of sp³-hybridized carbons (Fsp3) is 0.857. The smallest absolute Gasteiger partial charge is 0.337 e. The molecular weight excluding hydrogens is 180 g/mol. The zero-order valence-corrected chi connectivity index (χ0v) is 7.34. The lowest BCUT2D eigenvalue weighted by molar-refractivity contribution is -0.174. The van der Waals surface area contributed by atoms with Crippen molar-refractivity contribution in [2.75, 3.05) is 14.2 Å². The molecule has 0 saturated carbocycles. The molecule has 1 saturated heterocycles. The number of ether oxygens (including phenoxy) is 3. The number of carbonyl (C=O) groups is 1. The van der Waals surface area contributed by atoms with Crippen LogP contribution in [-0.4, -0.2) is 55.0 Å².